The number of hydrogen-bond acceptors (Lipinski definition) is 6. The van der Waals surface area contributed by atoms with Crippen molar-refractivity contribution in [3.05, 3.63) is 35.7 Å². The third kappa shape index (κ3) is 3.57. The maximum atomic E-state index is 11.6. The molecule has 9 heteroatoms. The summed E-state index contributed by atoms with van der Waals surface area (Å²) in [5, 5.41) is 1.42. The SMILES string of the molecule is COc1cc(-c2cn(C3CC(N4CCN(C(C)=O)CC4)C3)c3ncnc(N)c23)ccc1Cl. The standard InChI is InChI=1S/C23H27ClN6O2/c1-14(31)28-5-7-29(8-6-28)16-10-17(11-16)30-12-18(21-22(25)26-13-27-23(21)30)15-3-4-19(24)20(9-15)32-2/h3-4,9,12-13,16-17H,5-8,10-11H2,1-2H3,(H2,25,26,27). The molecule has 1 aliphatic carbocycles. The predicted molar refractivity (Wildman–Crippen MR) is 125 cm³/mol. The van der Waals surface area contributed by atoms with Gasteiger partial charge in [-0.15, -0.1) is 0 Å². The van der Waals surface area contributed by atoms with E-state index in [4.69, 9.17) is 22.1 Å². The van der Waals surface area contributed by atoms with Crippen LogP contribution in [0.3, 0.4) is 0 Å². The quantitative estimate of drug-likeness (QED) is 0.651. The van der Waals surface area contributed by atoms with Gasteiger partial charge < -0.3 is 19.9 Å². The predicted octanol–water partition coefficient (Wildman–Crippen LogP) is 3.21. The van der Waals surface area contributed by atoms with Gasteiger partial charge in [0.15, 0.2) is 0 Å². The molecular formula is C23H27ClN6O2. The van der Waals surface area contributed by atoms with Gasteiger partial charge in [0.1, 0.15) is 23.5 Å². The van der Waals surface area contributed by atoms with Gasteiger partial charge in [0.05, 0.1) is 17.5 Å². The lowest BCUT2D eigenvalue weighted by Crippen LogP contribution is -2.54. The summed E-state index contributed by atoms with van der Waals surface area (Å²) in [6.07, 6.45) is 5.76. The number of amides is 1. The maximum absolute atomic E-state index is 11.6. The molecule has 3 heterocycles. The number of rotatable bonds is 4. The van der Waals surface area contributed by atoms with Crippen LogP contribution in [0.2, 0.25) is 5.02 Å². The van der Waals surface area contributed by atoms with Crippen LogP contribution in [-0.2, 0) is 4.79 Å². The number of anilines is 1. The Morgan fingerprint density at radius 2 is 1.91 bits per heavy atom. The zero-order valence-electron chi connectivity index (χ0n) is 18.3. The summed E-state index contributed by atoms with van der Waals surface area (Å²) in [5.41, 5.74) is 9.08. The molecule has 1 aromatic carbocycles. The lowest BCUT2D eigenvalue weighted by atomic mass is 9.85. The Morgan fingerprint density at radius 3 is 2.59 bits per heavy atom. The van der Waals surface area contributed by atoms with Gasteiger partial charge in [0, 0.05) is 56.9 Å². The van der Waals surface area contributed by atoms with Crippen molar-refractivity contribution >= 4 is 34.4 Å². The fourth-order valence-corrected chi connectivity index (χ4v) is 5.11. The molecule has 0 atom stereocenters. The van der Waals surface area contributed by atoms with E-state index in [0.717, 1.165) is 61.2 Å². The first-order valence-corrected chi connectivity index (χ1v) is 11.3. The molecule has 2 fully saturated rings. The molecule has 1 aliphatic heterocycles. The highest BCUT2D eigenvalue weighted by Gasteiger charge is 2.37. The van der Waals surface area contributed by atoms with Crippen LogP contribution in [0.4, 0.5) is 5.82 Å². The summed E-state index contributed by atoms with van der Waals surface area (Å²) >= 11 is 6.23. The lowest BCUT2D eigenvalue weighted by molar-refractivity contribution is -0.131. The topological polar surface area (TPSA) is 89.5 Å². The minimum absolute atomic E-state index is 0.165. The molecule has 8 nitrogen and oxygen atoms in total. The molecule has 5 rings (SSSR count). The monoisotopic (exact) mass is 454 g/mol. The van der Waals surface area contributed by atoms with Crippen molar-refractivity contribution in [2.45, 2.75) is 31.8 Å². The Kier molecular flexibility index (Phi) is 5.43. The van der Waals surface area contributed by atoms with Crippen LogP contribution < -0.4 is 10.5 Å². The maximum Gasteiger partial charge on any atom is 0.219 e. The van der Waals surface area contributed by atoms with E-state index in [9.17, 15) is 4.79 Å². The second-order valence-corrected chi connectivity index (χ2v) is 8.99. The van der Waals surface area contributed by atoms with E-state index in [1.165, 1.54) is 6.33 Å². The molecule has 0 spiro atoms. The zero-order chi connectivity index (χ0) is 22.4. The number of fused-ring (bicyclic) bond motifs is 1. The average Bonchev–Trinajstić information content (AvgIpc) is 3.14. The Balaban J connectivity index is 1.41. The summed E-state index contributed by atoms with van der Waals surface area (Å²) < 4.78 is 7.65. The molecule has 2 aromatic heterocycles. The fourth-order valence-electron chi connectivity index (χ4n) is 4.92. The number of piperazine rings is 1. The van der Waals surface area contributed by atoms with Crippen LogP contribution in [0, 0.1) is 0 Å². The third-order valence-corrected chi connectivity index (χ3v) is 7.17. The van der Waals surface area contributed by atoms with Gasteiger partial charge in [0.2, 0.25) is 5.91 Å². The van der Waals surface area contributed by atoms with Crippen molar-refractivity contribution in [2.75, 3.05) is 39.0 Å². The number of aromatic nitrogens is 3. The Bertz CT molecular complexity index is 1160. The lowest BCUT2D eigenvalue weighted by Gasteiger charge is -2.46. The first-order chi connectivity index (χ1) is 15.5. The number of nitrogens with zero attached hydrogens (tertiary/aromatic N) is 5. The zero-order valence-corrected chi connectivity index (χ0v) is 19.0. The van der Waals surface area contributed by atoms with Crippen LogP contribution in [0.15, 0.2) is 30.7 Å². The van der Waals surface area contributed by atoms with E-state index >= 15 is 0 Å². The first kappa shape index (κ1) is 21.0. The number of benzene rings is 1. The second-order valence-electron chi connectivity index (χ2n) is 8.58. The van der Waals surface area contributed by atoms with Crippen LogP contribution in [-0.4, -0.2) is 69.6 Å². The Labute approximate surface area is 191 Å². The smallest absolute Gasteiger partial charge is 0.219 e. The molecule has 3 aromatic rings. The summed E-state index contributed by atoms with van der Waals surface area (Å²) in [6, 6.07) is 6.61. The Morgan fingerprint density at radius 1 is 1.16 bits per heavy atom. The molecule has 0 bridgehead atoms. The molecule has 1 saturated carbocycles. The van der Waals surface area contributed by atoms with Crippen LogP contribution in [0.25, 0.3) is 22.2 Å². The highest BCUT2D eigenvalue weighted by Crippen LogP contribution is 2.42. The highest BCUT2D eigenvalue weighted by atomic mass is 35.5. The van der Waals surface area contributed by atoms with Crippen LogP contribution >= 0.6 is 11.6 Å². The van der Waals surface area contributed by atoms with Gasteiger partial charge >= 0.3 is 0 Å². The van der Waals surface area contributed by atoms with E-state index in [1.54, 1.807) is 14.0 Å². The molecular weight excluding hydrogens is 428 g/mol. The summed E-state index contributed by atoms with van der Waals surface area (Å²) in [7, 11) is 1.61. The fraction of sp³-hybridized carbons (Fsp3) is 0.435. The van der Waals surface area contributed by atoms with Gasteiger partial charge in [-0.05, 0) is 30.5 Å². The van der Waals surface area contributed by atoms with Gasteiger partial charge in [-0.25, -0.2) is 9.97 Å². The van der Waals surface area contributed by atoms with E-state index in [2.05, 4.69) is 25.6 Å². The number of ether oxygens (including phenoxy) is 1. The molecule has 32 heavy (non-hydrogen) atoms. The van der Waals surface area contributed by atoms with E-state index in [-0.39, 0.29) is 5.91 Å². The van der Waals surface area contributed by atoms with Gasteiger partial charge in [0.25, 0.3) is 0 Å². The minimum atomic E-state index is 0.165. The molecule has 0 unspecified atom stereocenters. The van der Waals surface area contributed by atoms with Crippen LogP contribution in [0.5, 0.6) is 5.75 Å². The highest BCUT2D eigenvalue weighted by molar-refractivity contribution is 6.32. The van der Waals surface area contributed by atoms with Gasteiger partial charge in [-0.1, -0.05) is 17.7 Å². The van der Waals surface area contributed by atoms with Crippen molar-refractivity contribution in [3.8, 4) is 16.9 Å². The van der Waals surface area contributed by atoms with Crippen LogP contribution in [0.1, 0.15) is 25.8 Å². The van der Waals surface area contributed by atoms with Crippen molar-refractivity contribution in [3.63, 3.8) is 0 Å². The number of carbonyl (C=O) groups is 1. The molecule has 0 radical (unpaired) electrons. The Hall–Kier alpha value is -2.84. The molecule has 1 saturated heterocycles. The molecule has 168 valence electrons. The van der Waals surface area contributed by atoms with E-state index in [0.29, 0.717) is 28.7 Å². The van der Waals surface area contributed by atoms with Crippen molar-refractivity contribution < 1.29 is 9.53 Å². The van der Waals surface area contributed by atoms with Crippen molar-refractivity contribution in [1.82, 2.24) is 24.3 Å². The number of carbonyl (C=O) groups excluding carboxylic acids is 1. The van der Waals surface area contributed by atoms with Crippen molar-refractivity contribution in [1.29, 1.82) is 0 Å². The first-order valence-electron chi connectivity index (χ1n) is 10.9. The number of nitrogen functional groups attached to an aromatic ring is 1. The van der Waals surface area contributed by atoms with E-state index in [1.807, 2.05) is 23.1 Å². The number of nitrogens with two attached hydrogens (primary N) is 1. The van der Waals surface area contributed by atoms with E-state index < -0.39 is 0 Å². The van der Waals surface area contributed by atoms with Crippen molar-refractivity contribution in [2.24, 2.45) is 0 Å². The number of halogens is 1. The molecule has 2 N–H and O–H groups in total. The molecule has 1 amide bonds. The summed E-state index contributed by atoms with van der Waals surface area (Å²) in [4.78, 5) is 24.8. The number of hydrogen-bond donors (Lipinski definition) is 1. The largest absolute Gasteiger partial charge is 0.495 e. The van der Waals surface area contributed by atoms with Gasteiger partial charge in [-0.2, -0.15) is 0 Å². The average molecular weight is 455 g/mol. The third-order valence-electron chi connectivity index (χ3n) is 6.86. The van der Waals surface area contributed by atoms with Gasteiger partial charge in [-0.3, -0.25) is 9.69 Å². The normalized spacial score (nSPS) is 21.5. The second kappa shape index (κ2) is 8.26. The summed E-state index contributed by atoms with van der Waals surface area (Å²) in [6.45, 7) is 5.15. The minimum Gasteiger partial charge on any atom is -0.495 e. The summed E-state index contributed by atoms with van der Waals surface area (Å²) in [5.74, 6) is 1.25. The number of methoxy groups -OCH3 is 1. The molecule has 2 aliphatic rings.